The van der Waals surface area contributed by atoms with Crippen LogP contribution in [0.1, 0.15) is 37.3 Å². The third kappa shape index (κ3) is 2.83. The van der Waals surface area contributed by atoms with Crippen molar-refractivity contribution < 1.29 is 0 Å². The number of nitrogens with zero attached hydrogens (tertiary/aromatic N) is 1. The molecule has 16 heavy (non-hydrogen) atoms. The summed E-state index contributed by atoms with van der Waals surface area (Å²) in [6.45, 7) is 5.55. The molecule has 1 aromatic rings. The number of nitrogens with two attached hydrogens (primary N) is 1. The molecule has 2 heteroatoms. The van der Waals surface area contributed by atoms with E-state index in [9.17, 15) is 0 Å². The Morgan fingerprint density at radius 2 is 1.81 bits per heavy atom. The molecule has 0 aromatic heterocycles. The summed E-state index contributed by atoms with van der Waals surface area (Å²) in [6, 6.07) is 9.12. The van der Waals surface area contributed by atoms with E-state index in [2.05, 4.69) is 36.1 Å². The molecule has 0 radical (unpaired) electrons. The van der Waals surface area contributed by atoms with Crippen molar-refractivity contribution in [2.45, 2.75) is 45.3 Å². The smallest absolute Gasteiger partial charge is 0.0240 e. The molecule has 1 unspecified atom stereocenters. The van der Waals surface area contributed by atoms with Gasteiger partial charge in [0.25, 0.3) is 0 Å². The van der Waals surface area contributed by atoms with Crippen LogP contribution in [0.5, 0.6) is 0 Å². The van der Waals surface area contributed by atoms with Crippen LogP contribution in [0.4, 0.5) is 0 Å². The zero-order valence-electron chi connectivity index (χ0n) is 10.2. The maximum absolute atomic E-state index is 6.04. The van der Waals surface area contributed by atoms with Gasteiger partial charge in [-0.3, -0.25) is 4.90 Å². The largest absolute Gasteiger partial charge is 0.328 e. The lowest BCUT2D eigenvalue weighted by atomic mass is 10.1. The molecule has 0 fully saturated rings. The van der Waals surface area contributed by atoms with E-state index in [0.29, 0.717) is 6.04 Å². The van der Waals surface area contributed by atoms with Crippen LogP contribution in [0.15, 0.2) is 24.3 Å². The fourth-order valence-electron chi connectivity index (χ4n) is 2.43. The fraction of sp³-hybridized carbons (Fsp3) is 0.571. The van der Waals surface area contributed by atoms with Crippen molar-refractivity contribution in [1.82, 2.24) is 4.90 Å². The highest BCUT2D eigenvalue weighted by Gasteiger charge is 2.18. The second-order valence-corrected chi connectivity index (χ2v) is 4.82. The molecular weight excluding hydrogens is 196 g/mol. The van der Waals surface area contributed by atoms with E-state index < -0.39 is 0 Å². The Labute approximate surface area is 98.4 Å². The minimum atomic E-state index is 0.383. The standard InChI is InChI=1S/C14H22N2/c1-2-5-14(15)8-9-16-10-12-6-3-4-7-13(12)11-16/h3-4,6-7,14H,2,5,8-11,15H2,1H3. The normalized spacial score (nSPS) is 17.4. The summed E-state index contributed by atoms with van der Waals surface area (Å²) in [5.74, 6) is 0. The summed E-state index contributed by atoms with van der Waals surface area (Å²) in [5, 5.41) is 0. The summed E-state index contributed by atoms with van der Waals surface area (Å²) >= 11 is 0. The van der Waals surface area contributed by atoms with Gasteiger partial charge in [0.05, 0.1) is 0 Å². The highest BCUT2D eigenvalue weighted by molar-refractivity contribution is 5.30. The van der Waals surface area contributed by atoms with Crippen LogP contribution in [0, 0.1) is 0 Å². The van der Waals surface area contributed by atoms with Crippen molar-refractivity contribution in [2.75, 3.05) is 6.54 Å². The quantitative estimate of drug-likeness (QED) is 0.823. The van der Waals surface area contributed by atoms with Crippen molar-refractivity contribution in [2.24, 2.45) is 5.73 Å². The van der Waals surface area contributed by atoms with Gasteiger partial charge in [-0.2, -0.15) is 0 Å². The van der Waals surface area contributed by atoms with E-state index in [0.717, 1.165) is 32.5 Å². The van der Waals surface area contributed by atoms with E-state index in [-0.39, 0.29) is 0 Å². The summed E-state index contributed by atoms with van der Waals surface area (Å²) in [6.07, 6.45) is 3.48. The SMILES string of the molecule is CCCC(N)CCN1Cc2ccccc2C1. The van der Waals surface area contributed by atoms with Crippen LogP contribution in [-0.4, -0.2) is 17.5 Å². The number of rotatable bonds is 5. The molecule has 0 saturated carbocycles. The second-order valence-electron chi connectivity index (χ2n) is 4.82. The van der Waals surface area contributed by atoms with Gasteiger partial charge in [-0.05, 0) is 24.0 Å². The Kier molecular flexibility index (Phi) is 3.97. The van der Waals surface area contributed by atoms with Crippen LogP contribution in [0.25, 0.3) is 0 Å². The van der Waals surface area contributed by atoms with Crippen LogP contribution in [0.2, 0.25) is 0 Å². The zero-order chi connectivity index (χ0) is 11.4. The molecule has 2 rings (SSSR count). The Balaban J connectivity index is 1.79. The monoisotopic (exact) mass is 218 g/mol. The molecule has 1 atom stereocenters. The lowest BCUT2D eigenvalue weighted by Gasteiger charge is -2.17. The molecule has 2 N–H and O–H groups in total. The average Bonchev–Trinajstić information content (AvgIpc) is 2.69. The number of benzene rings is 1. The molecule has 1 aromatic carbocycles. The summed E-state index contributed by atoms with van der Waals surface area (Å²) in [7, 11) is 0. The van der Waals surface area contributed by atoms with Gasteiger partial charge in [0.15, 0.2) is 0 Å². The van der Waals surface area contributed by atoms with Crippen molar-refractivity contribution in [3.8, 4) is 0 Å². The highest BCUT2D eigenvalue weighted by Crippen LogP contribution is 2.22. The maximum Gasteiger partial charge on any atom is 0.0240 e. The van der Waals surface area contributed by atoms with E-state index in [4.69, 9.17) is 5.73 Å². The summed E-state index contributed by atoms with van der Waals surface area (Å²) < 4.78 is 0. The molecular formula is C14H22N2. The van der Waals surface area contributed by atoms with Gasteiger partial charge < -0.3 is 5.73 Å². The number of hydrogen-bond donors (Lipinski definition) is 1. The molecule has 0 spiro atoms. The minimum absolute atomic E-state index is 0.383. The summed E-state index contributed by atoms with van der Waals surface area (Å²) in [5.41, 5.74) is 9.03. The van der Waals surface area contributed by atoms with Crippen LogP contribution >= 0.6 is 0 Å². The van der Waals surface area contributed by atoms with Gasteiger partial charge in [-0.25, -0.2) is 0 Å². The van der Waals surface area contributed by atoms with Crippen molar-refractivity contribution >= 4 is 0 Å². The topological polar surface area (TPSA) is 29.3 Å². The first kappa shape index (κ1) is 11.6. The first-order valence-corrected chi connectivity index (χ1v) is 6.34. The van der Waals surface area contributed by atoms with Gasteiger partial charge in [-0.15, -0.1) is 0 Å². The molecule has 0 aliphatic carbocycles. The van der Waals surface area contributed by atoms with Gasteiger partial charge in [0.2, 0.25) is 0 Å². The van der Waals surface area contributed by atoms with Crippen molar-refractivity contribution in [3.05, 3.63) is 35.4 Å². The first-order chi connectivity index (χ1) is 7.79. The van der Waals surface area contributed by atoms with E-state index >= 15 is 0 Å². The number of hydrogen-bond acceptors (Lipinski definition) is 2. The van der Waals surface area contributed by atoms with Crippen LogP contribution in [-0.2, 0) is 13.1 Å². The maximum atomic E-state index is 6.04. The van der Waals surface area contributed by atoms with Crippen LogP contribution in [0.3, 0.4) is 0 Å². The van der Waals surface area contributed by atoms with E-state index in [1.165, 1.54) is 17.5 Å². The first-order valence-electron chi connectivity index (χ1n) is 6.34. The molecule has 1 aliphatic heterocycles. The van der Waals surface area contributed by atoms with Crippen LogP contribution < -0.4 is 5.73 Å². The zero-order valence-corrected chi connectivity index (χ0v) is 10.2. The van der Waals surface area contributed by atoms with Gasteiger partial charge in [0.1, 0.15) is 0 Å². The molecule has 2 nitrogen and oxygen atoms in total. The number of fused-ring (bicyclic) bond motifs is 1. The minimum Gasteiger partial charge on any atom is -0.328 e. The molecule has 0 bridgehead atoms. The Morgan fingerprint density at radius 1 is 1.19 bits per heavy atom. The third-order valence-corrected chi connectivity index (χ3v) is 3.38. The molecule has 0 saturated heterocycles. The lowest BCUT2D eigenvalue weighted by Crippen LogP contribution is -2.27. The molecule has 1 aliphatic rings. The second kappa shape index (κ2) is 5.46. The third-order valence-electron chi connectivity index (χ3n) is 3.38. The Morgan fingerprint density at radius 3 is 2.38 bits per heavy atom. The lowest BCUT2D eigenvalue weighted by molar-refractivity contribution is 0.269. The van der Waals surface area contributed by atoms with Gasteiger partial charge >= 0.3 is 0 Å². The van der Waals surface area contributed by atoms with Gasteiger partial charge in [-0.1, -0.05) is 37.6 Å². The van der Waals surface area contributed by atoms with Gasteiger partial charge in [0, 0.05) is 25.7 Å². The van der Waals surface area contributed by atoms with E-state index in [1.807, 2.05) is 0 Å². The average molecular weight is 218 g/mol. The van der Waals surface area contributed by atoms with E-state index in [1.54, 1.807) is 0 Å². The molecule has 88 valence electrons. The van der Waals surface area contributed by atoms with Crippen molar-refractivity contribution in [1.29, 1.82) is 0 Å². The predicted molar refractivity (Wildman–Crippen MR) is 68.1 cm³/mol. The fourth-order valence-corrected chi connectivity index (χ4v) is 2.43. The predicted octanol–water partition coefficient (Wildman–Crippen LogP) is 2.52. The van der Waals surface area contributed by atoms with Crippen molar-refractivity contribution in [3.63, 3.8) is 0 Å². The molecule has 1 heterocycles. The summed E-state index contributed by atoms with van der Waals surface area (Å²) in [4.78, 5) is 2.50. The highest BCUT2D eigenvalue weighted by atomic mass is 15.1. The molecule has 0 amide bonds. The Hall–Kier alpha value is -0.860. The Bertz CT molecular complexity index is 310.